The van der Waals surface area contributed by atoms with Gasteiger partial charge in [-0.05, 0) is 37.0 Å². The Kier molecular flexibility index (Phi) is 5.08. The number of benzene rings is 1. The molecule has 1 aromatic heterocycles. The molecule has 6 nitrogen and oxygen atoms in total. The van der Waals surface area contributed by atoms with E-state index in [-0.39, 0.29) is 5.92 Å². The first kappa shape index (κ1) is 19.1. The molecule has 29 heavy (non-hydrogen) atoms. The van der Waals surface area contributed by atoms with Crippen molar-refractivity contribution in [2.75, 3.05) is 13.1 Å². The molecule has 0 bridgehead atoms. The first-order valence-electron chi connectivity index (χ1n) is 11.1. The summed E-state index contributed by atoms with van der Waals surface area (Å²) in [6.07, 6.45) is 7.65. The van der Waals surface area contributed by atoms with Crippen LogP contribution in [-0.2, 0) is 24.2 Å². The second-order valence-electron chi connectivity index (χ2n) is 9.05. The Morgan fingerprint density at radius 1 is 1.14 bits per heavy atom. The maximum atomic E-state index is 6.40. The lowest BCUT2D eigenvalue weighted by molar-refractivity contribution is -0.231. The Balaban J connectivity index is 1.19. The third kappa shape index (κ3) is 3.92. The summed E-state index contributed by atoms with van der Waals surface area (Å²) in [5.41, 5.74) is 2.39. The van der Waals surface area contributed by atoms with E-state index in [1.807, 2.05) is 0 Å². The Morgan fingerprint density at radius 3 is 2.66 bits per heavy atom. The molecule has 2 aromatic rings. The second kappa shape index (κ2) is 7.73. The molecule has 2 fully saturated rings. The van der Waals surface area contributed by atoms with Gasteiger partial charge >= 0.3 is 0 Å². The Hall–Kier alpha value is -1.92. The molecule has 0 atom stereocenters. The van der Waals surface area contributed by atoms with Crippen LogP contribution in [0.4, 0.5) is 0 Å². The quantitative estimate of drug-likeness (QED) is 0.752. The van der Waals surface area contributed by atoms with Crippen LogP contribution in [-0.4, -0.2) is 40.0 Å². The van der Waals surface area contributed by atoms with Crippen molar-refractivity contribution >= 4 is 0 Å². The molecule has 0 unspecified atom stereocenters. The predicted molar refractivity (Wildman–Crippen MR) is 109 cm³/mol. The normalized spacial score (nSPS) is 21.8. The molecular weight excluding hydrogens is 366 g/mol. The fourth-order valence-corrected chi connectivity index (χ4v) is 4.52. The molecule has 156 valence electrons. The summed E-state index contributed by atoms with van der Waals surface area (Å²) in [5, 5.41) is 8.27. The molecule has 0 radical (unpaired) electrons. The van der Waals surface area contributed by atoms with Crippen LogP contribution in [0.3, 0.4) is 0 Å². The van der Waals surface area contributed by atoms with Crippen molar-refractivity contribution in [2.24, 2.45) is 0 Å². The van der Waals surface area contributed by atoms with E-state index in [2.05, 4.69) is 47.1 Å². The first-order valence-corrected chi connectivity index (χ1v) is 11.1. The van der Waals surface area contributed by atoms with Gasteiger partial charge in [0.1, 0.15) is 5.75 Å². The van der Waals surface area contributed by atoms with E-state index < -0.39 is 5.79 Å². The number of hydrogen-bond donors (Lipinski definition) is 0. The van der Waals surface area contributed by atoms with Crippen LogP contribution in [0, 0.1) is 0 Å². The molecule has 0 N–H and O–H groups in total. The van der Waals surface area contributed by atoms with Crippen LogP contribution in [0.25, 0.3) is 0 Å². The number of fused-ring (bicyclic) bond motifs is 1. The van der Waals surface area contributed by atoms with E-state index in [1.165, 1.54) is 24.8 Å². The van der Waals surface area contributed by atoms with Crippen molar-refractivity contribution in [3.05, 3.63) is 41.1 Å². The van der Waals surface area contributed by atoms with E-state index in [9.17, 15) is 0 Å². The number of ether oxygens (including phenoxy) is 2. The Bertz CT molecular complexity index is 851. The van der Waals surface area contributed by atoms with Gasteiger partial charge in [-0.15, -0.1) is 10.2 Å². The molecular formula is C23H31N3O3. The summed E-state index contributed by atoms with van der Waals surface area (Å²) in [6, 6.07) is 7.27. The van der Waals surface area contributed by atoms with Crippen molar-refractivity contribution in [1.82, 2.24) is 15.1 Å². The minimum Gasteiger partial charge on any atom is -0.462 e. The third-order valence-corrected chi connectivity index (χ3v) is 6.67. The lowest BCUT2D eigenvalue weighted by atomic mass is 9.89. The van der Waals surface area contributed by atoms with E-state index in [4.69, 9.17) is 13.9 Å². The number of piperidine rings is 1. The molecule has 1 spiro atoms. The molecule has 1 saturated carbocycles. The molecule has 3 heterocycles. The highest BCUT2D eigenvalue weighted by Crippen LogP contribution is 2.39. The van der Waals surface area contributed by atoms with Crippen molar-refractivity contribution in [1.29, 1.82) is 0 Å². The summed E-state index contributed by atoms with van der Waals surface area (Å²) < 4.78 is 18.4. The van der Waals surface area contributed by atoms with Crippen LogP contribution < -0.4 is 4.74 Å². The van der Waals surface area contributed by atoms with Crippen molar-refractivity contribution in [2.45, 2.75) is 83.1 Å². The monoisotopic (exact) mass is 397 g/mol. The zero-order chi connectivity index (χ0) is 19.8. The molecule has 1 aliphatic carbocycles. The van der Waals surface area contributed by atoms with Crippen LogP contribution in [0.5, 0.6) is 5.75 Å². The number of aryl methyl sites for hydroxylation is 2. The smallest absolute Gasteiger partial charge is 0.219 e. The zero-order valence-electron chi connectivity index (χ0n) is 17.5. The van der Waals surface area contributed by atoms with Gasteiger partial charge in [0.25, 0.3) is 0 Å². The standard InChI is InChI=1S/C23H31N3O3/c1-16(2)22-25-24-21(28-22)9-7-17-6-8-20-18(14-17)15-27-23(29-20)10-12-26(13-11-23)19-4-3-5-19/h6,8,14,16,19H,3-5,7,9-13,15H2,1-2H3. The van der Waals surface area contributed by atoms with Gasteiger partial charge in [-0.2, -0.15) is 0 Å². The van der Waals surface area contributed by atoms with Gasteiger partial charge in [0.15, 0.2) is 0 Å². The SMILES string of the molecule is CC(C)c1nnc(CCc2ccc3c(c2)COC2(CCN(C4CCC4)CC2)O3)o1. The summed E-state index contributed by atoms with van der Waals surface area (Å²) in [5.74, 6) is 2.24. The van der Waals surface area contributed by atoms with Crippen molar-refractivity contribution in [3.8, 4) is 5.75 Å². The van der Waals surface area contributed by atoms with Gasteiger partial charge in [0.05, 0.1) is 6.61 Å². The van der Waals surface area contributed by atoms with Crippen molar-refractivity contribution in [3.63, 3.8) is 0 Å². The fourth-order valence-electron chi connectivity index (χ4n) is 4.52. The van der Waals surface area contributed by atoms with Gasteiger partial charge in [-0.3, -0.25) is 4.90 Å². The molecule has 6 heteroatoms. The maximum Gasteiger partial charge on any atom is 0.219 e. The third-order valence-electron chi connectivity index (χ3n) is 6.67. The lowest BCUT2D eigenvalue weighted by Crippen LogP contribution is -2.54. The van der Waals surface area contributed by atoms with Gasteiger partial charge in [-0.1, -0.05) is 26.3 Å². The molecule has 1 saturated heterocycles. The van der Waals surface area contributed by atoms with Gasteiger partial charge in [0, 0.05) is 49.9 Å². The summed E-state index contributed by atoms with van der Waals surface area (Å²) in [7, 11) is 0. The Morgan fingerprint density at radius 2 is 1.97 bits per heavy atom. The number of aromatic nitrogens is 2. The van der Waals surface area contributed by atoms with E-state index >= 15 is 0 Å². The average molecular weight is 398 g/mol. The topological polar surface area (TPSA) is 60.6 Å². The molecule has 2 aliphatic heterocycles. The minimum absolute atomic E-state index is 0.266. The summed E-state index contributed by atoms with van der Waals surface area (Å²) >= 11 is 0. The Labute approximate surface area is 172 Å². The van der Waals surface area contributed by atoms with Crippen molar-refractivity contribution < 1.29 is 13.9 Å². The molecule has 1 aromatic carbocycles. The average Bonchev–Trinajstić information content (AvgIpc) is 3.16. The van der Waals surface area contributed by atoms with E-state index in [0.717, 1.165) is 56.1 Å². The molecule has 0 amide bonds. The fraction of sp³-hybridized carbons (Fsp3) is 0.652. The summed E-state index contributed by atoms with van der Waals surface area (Å²) in [6.45, 7) is 6.92. The minimum atomic E-state index is -0.425. The maximum absolute atomic E-state index is 6.40. The lowest BCUT2D eigenvalue weighted by Gasteiger charge is -2.47. The van der Waals surface area contributed by atoms with Crippen LogP contribution in [0.2, 0.25) is 0 Å². The second-order valence-corrected chi connectivity index (χ2v) is 9.05. The van der Waals surface area contributed by atoms with Gasteiger partial charge in [0.2, 0.25) is 17.6 Å². The predicted octanol–water partition coefficient (Wildman–Crippen LogP) is 4.23. The number of likely N-dealkylation sites (tertiary alicyclic amines) is 1. The molecule has 3 aliphatic rings. The summed E-state index contributed by atoms with van der Waals surface area (Å²) in [4.78, 5) is 2.63. The first-order chi connectivity index (χ1) is 14.1. The largest absolute Gasteiger partial charge is 0.462 e. The van der Waals surface area contributed by atoms with E-state index in [1.54, 1.807) is 0 Å². The number of rotatable bonds is 5. The molecule has 5 rings (SSSR count). The van der Waals surface area contributed by atoms with Crippen LogP contribution >= 0.6 is 0 Å². The number of nitrogens with zero attached hydrogens (tertiary/aromatic N) is 3. The zero-order valence-corrected chi connectivity index (χ0v) is 17.5. The van der Waals surface area contributed by atoms with Gasteiger partial charge in [-0.25, -0.2) is 0 Å². The number of hydrogen-bond acceptors (Lipinski definition) is 6. The highest BCUT2D eigenvalue weighted by atomic mass is 16.7. The van der Waals surface area contributed by atoms with Gasteiger partial charge < -0.3 is 13.9 Å². The van der Waals surface area contributed by atoms with E-state index in [0.29, 0.717) is 18.4 Å². The van der Waals surface area contributed by atoms with Crippen LogP contribution in [0.1, 0.15) is 74.8 Å². The highest BCUT2D eigenvalue weighted by Gasteiger charge is 2.42. The highest BCUT2D eigenvalue weighted by molar-refractivity contribution is 5.38. The van der Waals surface area contributed by atoms with Crippen LogP contribution in [0.15, 0.2) is 22.6 Å².